The molecule has 0 bridgehead atoms. The quantitative estimate of drug-likeness (QED) is 0.739. The summed E-state index contributed by atoms with van der Waals surface area (Å²) in [4.78, 5) is 37.7. The first-order valence-corrected chi connectivity index (χ1v) is 9.01. The lowest BCUT2D eigenvalue weighted by Crippen LogP contribution is -2.41. The minimum absolute atomic E-state index is 0.0487. The summed E-state index contributed by atoms with van der Waals surface area (Å²) in [6, 6.07) is 12.4. The number of para-hydroxylation sites is 1. The van der Waals surface area contributed by atoms with E-state index in [2.05, 4.69) is 15.0 Å². The van der Waals surface area contributed by atoms with Crippen LogP contribution in [0.3, 0.4) is 0 Å². The molecular weight excluding hydrogens is 344 g/mol. The predicted octanol–water partition coefficient (Wildman–Crippen LogP) is 1.90. The monoisotopic (exact) mass is 364 g/mol. The number of nitrogens with zero attached hydrogens (tertiary/aromatic N) is 3. The van der Waals surface area contributed by atoms with Gasteiger partial charge < -0.3 is 15.0 Å². The van der Waals surface area contributed by atoms with E-state index in [1.165, 1.54) is 0 Å². The molecule has 27 heavy (non-hydrogen) atoms. The number of carbonyl (C=O) groups is 1. The molecule has 2 aromatic heterocycles. The maximum Gasteiger partial charge on any atom is 0.289 e. The van der Waals surface area contributed by atoms with Gasteiger partial charge in [-0.1, -0.05) is 18.2 Å². The molecule has 0 spiro atoms. The van der Waals surface area contributed by atoms with E-state index in [-0.39, 0.29) is 23.2 Å². The predicted molar refractivity (Wildman–Crippen MR) is 100 cm³/mol. The Balaban J connectivity index is 1.47. The van der Waals surface area contributed by atoms with Crippen molar-refractivity contribution in [1.29, 1.82) is 0 Å². The minimum atomic E-state index is -0.637. The fourth-order valence-electron chi connectivity index (χ4n) is 3.55. The Kier molecular flexibility index (Phi) is 4.68. The van der Waals surface area contributed by atoms with Gasteiger partial charge in [0, 0.05) is 19.3 Å². The first-order valence-electron chi connectivity index (χ1n) is 9.01. The molecule has 7 nitrogen and oxygen atoms in total. The van der Waals surface area contributed by atoms with Gasteiger partial charge in [0.25, 0.3) is 11.5 Å². The van der Waals surface area contributed by atoms with Gasteiger partial charge in [-0.25, -0.2) is 4.98 Å². The summed E-state index contributed by atoms with van der Waals surface area (Å²) >= 11 is 0. The molecule has 1 amide bonds. The van der Waals surface area contributed by atoms with Crippen LogP contribution in [0.25, 0.3) is 10.9 Å². The second-order valence-corrected chi connectivity index (χ2v) is 6.76. The highest BCUT2D eigenvalue weighted by molar-refractivity contribution is 5.92. The fraction of sp³-hybridized carbons (Fsp3) is 0.300. The number of likely N-dealkylation sites (tertiary alicyclic amines) is 1. The van der Waals surface area contributed by atoms with Crippen LogP contribution in [0.15, 0.2) is 53.5 Å². The average molecular weight is 364 g/mol. The molecule has 1 aromatic carbocycles. The van der Waals surface area contributed by atoms with Crippen LogP contribution in [0.4, 0.5) is 0 Å². The Morgan fingerprint density at radius 1 is 1.15 bits per heavy atom. The molecule has 1 atom stereocenters. The van der Waals surface area contributed by atoms with E-state index in [0.717, 1.165) is 0 Å². The number of aliphatic hydroxyl groups excluding tert-OH is 1. The van der Waals surface area contributed by atoms with Gasteiger partial charge in [0.15, 0.2) is 5.82 Å². The summed E-state index contributed by atoms with van der Waals surface area (Å²) in [7, 11) is 0. The summed E-state index contributed by atoms with van der Waals surface area (Å²) in [5.41, 5.74) is 0.845. The molecule has 1 fully saturated rings. The first kappa shape index (κ1) is 17.4. The van der Waals surface area contributed by atoms with Gasteiger partial charge in [-0.3, -0.25) is 14.6 Å². The van der Waals surface area contributed by atoms with E-state index in [9.17, 15) is 14.7 Å². The number of hydrogen-bond donors (Lipinski definition) is 2. The van der Waals surface area contributed by atoms with Crippen LogP contribution in [0.5, 0.6) is 0 Å². The highest BCUT2D eigenvalue weighted by Gasteiger charge is 2.30. The van der Waals surface area contributed by atoms with Gasteiger partial charge in [-0.05, 0) is 43.0 Å². The van der Waals surface area contributed by atoms with Crippen LogP contribution in [0.2, 0.25) is 0 Å². The van der Waals surface area contributed by atoms with E-state index in [1.54, 1.807) is 35.4 Å². The van der Waals surface area contributed by atoms with E-state index in [4.69, 9.17) is 0 Å². The smallest absolute Gasteiger partial charge is 0.289 e. The third-order valence-electron chi connectivity index (χ3n) is 5.08. The molecule has 0 radical (unpaired) electrons. The number of carbonyl (C=O) groups excluding carboxylic acids is 1. The number of H-pyrrole nitrogens is 1. The van der Waals surface area contributed by atoms with Crippen LogP contribution < -0.4 is 5.56 Å². The van der Waals surface area contributed by atoms with Crippen molar-refractivity contribution in [2.75, 3.05) is 13.1 Å². The lowest BCUT2D eigenvalue weighted by atomic mass is 9.89. The second kappa shape index (κ2) is 7.28. The molecular formula is C20H20N4O3. The largest absolute Gasteiger partial charge is 0.387 e. The fourth-order valence-corrected chi connectivity index (χ4v) is 3.55. The number of pyridine rings is 1. The number of aliphatic hydroxyl groups is 1. The first-order chi connectivity index (χ1) is 13.1. The Labute approximate surface area is 155 Å². The Hall–Kier alpha value is -3.06. The van der Waals surface area contributed by atoms with Gasteiger partial charge in [-0.2, -0.15) is 0 Å². The van der Waals surface area contributed by atoms with Crippen molar-refractivity contribution in [3.63, 3.8) is 0 Å². The SMILES string of the molecule is O=C(c1nc2ccccc2c(=O)[nH]1)N1CCC(C(O)c2ccccn2)CC1. The van der Waals surface area contributed by atoms with Gasteiger partial charge >= 0.3 is 0 Å². The average Bonchev–Trinajstić information content (AvgIpc) is 2.73. The Bertz CT molecular complexity index is 1010. The second-order valence-electron chi connectivity index (χ2n) is 6.76. The van der Waals surface area contributed by atoms with Crippen LogP contribution in [0.1, 0.15) is 35.3 Å². The molecule has 4 rings (SSSR count). The van der Waals surface area contributed by atoms with E-state index in [1.807, 2.05) is 18.2 Å². The zero-order valence-electron chi connectivity index (χ0n) is 14.7. The zero-order chi connectivity index (χ0) is 18.8. The molecule has 0 saturated carbocycles. The molecule has 0 aliphatic carbocycles. The Morgan fingerprint density at radius 3 is 2.63 bits per heavy atom. The molecule has 3 aromatic rings. The summed E-state index contributed by atoms with van der Waals surface area (Å²) in [5.74, 6) is -0.182. The standard InChI is InChI=1S/C20H20N4O3/c25-17(16-7-3-4-10-21-16)13-8-11-24(12-9-13)20(27)18-22-15-6-2-1-5-14(15)19(26)23-18/h1-7,10,13,17,25H,8-9,11-12H2,(H,22,23,26). The van der Waals surface area contributed by atoms with Gasteiger partial charge in [0.05, 0.1) is 22.7 Å². The van der Waals surface area contributed by atoms with Crippen molar-refractivity contribution in [3.05, 3.63) is 70.5 Å². The molecule has 1 aliphatic rings. The van der Waals surface area contributed by atoms with Crippen LogP contribution >= 0.6 is 0 Å². The number of benzene rings is 1. The molecule has 7 heteroatoms. The lowest BCUT2D eigenvalue weighted by Gasteiger charge is -2.33. The number of rotatable bonds is 3. The number of amides is 1. The number of nitrogens with one attached hydrogen (secondary N) is 1. The van der Waals surface area contributed by atoms with Crippen LogP contribution in [0, 0.1) is 5.92 Å². The van der Waals surface area contributed by atoms with Crippen molar-refractivity contribution in [2.24, 2.45) is 5.92 Å². The molecule has 1 aliphatic heterocycles. The lowest BCUT2D eigenvalue weighted by molar-refractivity contribution is 0.0440. The molecule has 2 N–H and O–H groups in total. The topological polar surface area (TPSA) is 99.2 Å². The van der Waals surface area contributed by atoms with Gasteiger partial charge in [-0.15, -0.1) is 0 Å². The van der Waals surface area contributed by atoms with E-state index in [0.29, 0.717) is 42.5 Å². The van der Waals surface area contributed by atoms with E-state index < -0.39 is 6.10 Å². The Morgan fingerprint density at radius 2 is 1.89 bits per heavy atom. The molecule has 1 saturated heterocycles. The number of piperidine rings is 1. The highest BCUT2D eigenvalue weighted by Crippen LogP contribution is 2.29. The summed E-state index contributed by atoms with van der Waals surface area (Å²) < 4.78 is 0. The van der Waals surface area contributed by atoms with Gasteiger partial charge in [0.1, 0.15) is 0 Å². The van der Waals surface area contributed by atoms with Crippen LogP contribution in [-0.4, -0.2) is 44.0 Å². The van der Waals surface area contributed by atoms with Crippen LogP contribution in [-0.2, 0) is 0 Å². The normalized spacial score (nSPS) is 16.4. The maximum absolute atomic E-state index is 12.8. The van der Waals surface area contributed by atoms with Crippen molar-refractivity contribution in [1.82, 2.24) is 19.9 Å². The summed E-state index contributed by atoms with van der Waals surface area (Å²) in [6.07, 6.45) is 2.36. The third-order valence-corrected chi connectivity index (χ3v) is 5.08. The number of hydrogen-bond acceptors (Lipinski definition) is 5. The van der Waals surface area contributed by atoms with Crippen molar-refractivity contribution in [2.45, 2.75) is 18.9 Å². The zero-order valence-corrected chi connectivity index (χ0v) is 14.7. The van der Waals surface area contributed by atoms with Crippen molar-refractivity contribution in [3.8, 4) is 0 Å². The number of fused-ring (bicyclic) bond motifs is 1. The number of aromatic nitrogens is 3. The summed E-state index contributed by atoms with van der Waals surface area (Å²) in [6.45, 7) is 1.01. The minimum Gasteiger partial charge on any atom is -0.387 e. The third kappa shape index (κ3) is 3.46. The molecule has 138 valence electrons. The highest BCUT2D eigenvalue weighted by atomic mass is 16.3. The van der Waals surface area contributed by atoms with Crippen molar-refractivity contribution < 1.29 is 9.90 Å². The summed E-state index contributed by atoms with van der Waals surface area (Å²) in [5, 5.41) is 11.0. The molecule has 3 heterocycles. The van der Waals surface area contributed by atoms with Crippen molar-refractivity contribution >= 4 is 16.8 Å². The molecule has 1 unspecified atom stereocenters. The van der Waals surface area contributed by atoms with Gasteiger partial charge in [0.2, 0.25) is 0 Å². The maximum atomic E-state index is 12.8. The van der Waals surface area contributed by atoms with E-state index >= 15 is 0 Å². The number of aromatic amines is 1.